The predicted molar refractivity (Wildman–Crippen MR) is 77.7 cm³/mol. The van der Waals surface area contributed by atoms with E-state index in [-0.39, 0.29) is 0 Å². The number of hydrogen-bond donors (Lipinski definition) is 2. The molecule has 0 saturated carbocycles. The van der Waals surface area contributed by atoms with Crippen LogP contribution in [0.3, 0.4) is 0 Å². The van der Waals surface area contributed by atoms with Gasteiger partial charge in [0.25, 0.3) is 10.2 Å². The van der Waals surface area contributed by atoms with Crippen LogP contribution in [0.1, 0.15) is 6.42 Å². The van der Waals surface area contributed by atoms with E-state index in [2.05, 4.69) is 24.6 Å². The van der Waals surface area contributed by atoms with E-state index in [1.807, 2.05) is 11.6 Å². The molecule has 1 fully saturated rings. The number of nitrogens with one attached hydrogen (secondary N) is 1. The third-order valence-electron chi connectivity index (χ3n) is 3.60. The van der Waals surface area contributed by atoms with E-state index in [1.165, 1.54) is 6.33 Å². The van der Waals surface area contributed by atoms with E-state index in [1.54, 1.807) is 6.33 Å². The van der Waals surface area contributed by atoms with Crippen LogP contribution in [0.25, 0.3) is 11.2 Å². The standard InChI is InChI=1S/C11H17N7O2S/c1-17-7-15-10-9(17)11(14-6-13-10)18-4-8(5-18)2-3-16-21(12,19)20/h6-8,16H,2-5H2,1H3,(H2,12,19,20). The summed E-state index contributed by atoms with van der Waals surface area (Å²) in [5.41, 5.74) is 1.60. The zero-order valence-electron chi connectivity index (χ0n) is 11.6. The summed E-state index contributed by atoms with van der Waals surface area (Å²) in [7, 11) is -1.68. The molecular weight excluding hydrogens is 294 g/mol. The first-order valence-electron chi connectivity index (χ1n) is 6.58. The lowest BCUT2D eigenvalue weighted by molar-refractivity contribution is 0.382. The fourth-order valence-corrected chi connectivity index (χ4v) is 2.93. The molecule has 114 valence electrons. The molecule has 0 aliphatic carbocycles. The van der Waals surface area contributed by atoms with Crippen LogP contribution in [0, 0.1) is 5.92 Å². The van der Waals surface area contributed by atoms with Gasteiger partial charge in [-0.05, 0) is 12.3 Å². The van der Waals surface area contributed by atoms with E-state index >= 15 is 0 Å². The van der Waals surface area contributed by atoms with Gasteiger partial charge >= 0.3 is 0 Å². The van der Waals surface area contributed by atoms with E-state index in [4.69, 9.17) is 5.14 Å². The Morgan fingerprint density at radius 2 is 2.14 bits per heavy atom. The predicted octanol–water partition coefficient (Wildman–Crippen LogP) is -1.02. The summed E-state index contributed by atoms with van der Waals surface area (Å²) in [5.74, 6) is 1.30. The molecule has 1 aliphatic heterocycles. The van der Waals surface area contributed by atoms with Crippen LogP contribution in [-0.2, 0) is 17.3 Å². The van der Waals surface area contributed by atoms with Crippen LogP contribution in [0.5, 0.6) is 0 Å². The van der Waals surface area contributed by atoms with Crippen molar-refractivity contribution in [3.63, 3.8) is 0 Å². The van der Waals surface area contributed by atoms with Crippen molar-refractivity contribution in [2.45, 2.75) is 6.42 Å². The van der Waals surface area contributed by atoms with Crippen LogP contribution in [-0.4, -0.2) is 47.6 Å². The number of nitrogens with two attached hydrogens (primary N) is 1. The van der Waals surface area contributed by atoms with Crippen LogP contribution in [0.4, 0.5) is 5.82 Å². The van der Waals surface area contributed by atoms with Crippen LogP contribution >= 0.6 is 0 Å². The van der Waals surface area contributed by atoms with Gasteiger partial charge in [-0.1, -0.05) is 0 Å². The number of hydrogen-bond acceptors (Lipinski definition) is 6. The van der Waals surface area contributed by atoms with Gasteiger partial charge in [-0.3, -0.25) is 0 Å². The second-order valence-electron chi connectivity index (χ2n) is 5.22. The van der Waals surface area contributed by atoms with E-state index in [0.717, 1.165) is 30.8 Å². The average Bonchev–Trinajstić information content (AvgIpc) is 2.73. The molecule has 0 aromatic carbocycles. The highest BCUT2D eigenvalue weighted by atomic mass is 32.2. The Morgan fingerprint density at radius 1 is 1.38 bits per heavy atom. The van der Waals surface area contributed by atoms with Gasteiger partial charge in [-0.2, -0.15) is 8.42 Å². The van der Waals surface area contributed by atoms with Gasteiger partial charge in [0.2, 0.25) is 0 Å². The van der Waals surface area contributed by atoms with Gasteiger partial charge in [0.1, 0.15) is 11.8 Å². The van der Waals surface area contributed by atoms with Gasteiger partial charge in [0.05, 0.1) is 6.33 Å². The SMILES string of the molecule is Cn1cnc2ncnc(N3CC(CCNS(N)(=O)=O)C3)c21. The van der Waals surface area contributed by atoms with Gasteiger partial charge in [-0.15, -0.1) is 0 Å². The highest BCUT2D eigenvalue weighted by Crippen LogP contribution is 2.29. The Hall–Kier alpha value is -1.78. The van der Waals surface area contributed by atoms with Crippen molar-refractivity contribution in [3.05, 3.63) is 12.7 Å². The molecule has 2 aromatic heterocycles. The van der Waals surface area contributed by atoms with Gasteiger partial charge < -0.3 is 9.47 Å². The number of nitrogens with zero attached hydrogens (tertiary/aromatic N) is 5. The van der Waals surface area contributed by atoms with Crippen molar-refractivity contribution >= 4 is 27.2 Å². The maximum atomic E-state index is 10.8. The Morgan fingerprint density at radius 3 is 2.86 bits per heavy atom. The number of imidazole rings is 1. The van der Waals surface area contributed by atoms with Crippen molar-refractivity contribution in [1.82, 2.24) is 24.2 Å². The number of aromatic nitrogens is 4. The number of aryl methyl sites for hydroxylation is 1. The molecule has 0 amide bonds. The summed E-state index contributed by atoms with van der Waals surface area (Å²) >= 11 is 0. The molecule has 9 nitrogen and oxygen atoms in total. The van der Waals surface area contributed by atoms with Gasteiger partial charge in [0.15, 0.2) is 11.5 Å². The number of fused-ring (bicyclic) bond motifs is 1. The summed E-state index contributed by atoms with van der Waals surface area (Å²) in [6.45, 7) is 2.04. The average molecular weight is 311 g/mol. The normalized spacial score (nSPS) is 16.4. The molecule has 21 heavy (non-hydrogen) atoms. The monoisotopic (exact) mass is 311 g/mol. The summed E-state index contributed by atoms with van der Waals surface area (Å²) in [6, 6.07) is 0. The minimum Gasteiger partial charge on any atom is -0.354 e. The molecule has 3 rings (SSSR count). The molecular formula is C11H17N7O2S. The minimum absolute atomic E-state index is 0.363. The molecule has 0 radical (unpaired) electrons. The topological polar surface area (TPSA) is 119 Å². The van der Waals surface area contributed by atoms with Crippen molar-refractivity contribution < 1.29 is 8.42 Å². The summed E-state index contributed by atoms with van der Waals surface area (Å²) in [6.07, 6.45) is 3.99. The first kappa shape index (κ1) is 14.2. The van der Waals surface area contributed by atoms with Crippen molar-refractivity contribution in [2.75, 3.05) is 24.5 Å². The molecule has 3 N–H and O–H groups in total. The fraction of sp³-hybridized carbons (Fsp3) is 0.545. The molecule has 1 saturated heterocycles. The molecule has 3 heterocycles. The summed E-state index contributed by atoms with van der Waals surface area (Å²) < 4.78 is 25.8. The van der Waals surface area contributed by atoms with Gasteiger partial charge in [0, 0.05) is 26.7 Å². The first-order chi connectivity index (χ1) is 9.94. The number of rotatable bonds is 5. The van der Waals surface area contributed by atoms with Crippen LogP contribution in [0.15, 0.2) is 12.7 Å². The van der Waals surface area contributed by atoms with Crippen molar-refractivity contribution in [1.29, 1.82) is 0 Å². The zero-order chi connectivity index (χ0) is 15.0. The van der Waals surface area contributed by atoms with Gasteiger partial charge in [-0.25, -0.2) is 24.8 Å². The zero-order valence-corrected chi connectivity index (χ0v) is 12.4. The van der Waals surface area contributed by atoms with E-state index in [0.29, 0.717) is 18.1 Å². The lowest BCUT2D eigenvalue weighted by atomic mass is 9.96. The lowest BCUT2D eigenvalue weighted by Gasteiger charge is -2.40. The van der Waals surface area contributed by atoms with Crippen LogP contribution < -0.4 is 14.8 Å². The molecule has 2 aromatic rings. The van der Waals surface area contributed by atoms with Crippen molar-refractivity contribution in [2.24, 2.45) is 18.1 Å². The molecule has 10 heteroatoms. The van der Waals surface area contributed by atoms with Crippen LogP contribution in [0.2, 0.25) is 0 Å². The fourth-order valence-electron chi connectivity index (χ4n) is 2.53. The smallest absolute Gasteiger partial charge is 0.274 e. The maximum absolute atomic E-state index is 10.8. The molecule has 0 bridgehead atoms. The third kappa shape index (κ3) is 2.96. The second-order valence-corrected chi connectivity index (χ2v) is 6.60. The minimum atomic E-state index is -3.59. The molecule has 0 unspecified atom stereocenters. The van der Waals surface area contributed by atoms with Crippen molar-refractivity contribution in [3.8, 4) is 0 Å². The quantitative estimate of drug-likeness (QED) is 0.729. The molecule has 0 atom stereocenters. The first-order valence-corrected chi connectivity index (χ1v) is 8.13. The Balaban J connectivity index is 1.62. The Bertz CT molecular complexity index is 751. The van der Waals surface area contributed by atoms with E-state index < -0.39 is 10.2 Å². The highest BCUT2D eigenvalue weighted by Gasteiger charge is 2.29. The largest absolute Gasteiger partial charge is 0.354 e. The van der Waals surface area contributed by atoms with E-state index in [9.17, 15) is 8.42 Å². The third-order valence-corrected chi connectivity index (χ3v) is 4.21. The summed E-state index contributed by atoms with van der Waals surface area (Å²) in [5, 5.41) is 4.89. The Kier molecular flexibility index (Phi) is 3.51. The highest BCUT2D eigenvalue weighted by molar-refractivity contribution is 7.87. The number of anilines is 1. The summed E-state index contributed by atoms with van der Waals surface area (Å²) in [4.78, 5) is 14.8. The second kappa shape index (κ2) is 5.20. The maximum Gasteiger partial charge on any atom is 0.274 e. The Labute approximate surface area is 122 Å². The lowest BCUT2D eigenvalue weighted by Crippen LogP contribution is -2.48. The molecule has 0 spiro atoms. The molecule has 1 aliphatic rings.